The fourth-order valence-electron chi connectivity index (χ4n) is 9.31. The largest absolute Gasteiger partial charge is 0.462 e. The molecule has 0 heterocycles. The molecule has 0 aromatic carbocycles. The molecule has 0 N–H and O–H groups in total. The van der Waals surface area contributed by atoms with Crippen molar-refractivity contribution < 1.29 is 28.6 Å². The van der Waals surface area contributed by atoms with Crippen LogP contribution in [0.5, 0.6) is 0 Å². The highest BCUT2D eigenvalue weighted by atomic mass is 16.6. The van der Waals surface area contributed by atoms with Crippen molar-refractivity contribution in [2.24, 2.45) is 0 Å². The Hall–Kier alpha value is -2.37. The molecule has 71 heavy (non-hydrogen) atoms. The number of carbonyl (C=O) groups is 3. The molecule has 0 spiro atoms. The molecule has 0 saturated heterocycles. The maximum absolute atomic E-state index is 12.9. The predicted molar refractivity (Wildman–Crippen MR) is 307 cm³/mol. The molecule has 0 rings (SSSR count). The normalized spacial score (nSPS) is 12.2. The van der Waals surface area contributed by atoms with Crippen LogP contribution in [0.4, 0.5) is 0 Å². The lowest BCUT2D eigenvalue weighted by Crippen LogP contribution is -2.30. The van der Waals surface area contributed by atoms with E-state index in [0.717, 1.165) is 57.8 Å². The van der Waals surface area contributed by atoms with Gasteiger partial charge < -0.3 is 14.2 Å². The summed E-state index contributed by atoms with van der Waals surface area (Å²) in [5.74, 6) is -0.863. The molecular weight excluding hydrogens is 877 g/mol. The lowest BCUT2D eigenvalue weighted by Gasteiger charge is -2.18. The number of rotatable bonds is 58. The average molecular weight is 998 g/mol. The van der Waals surface area contributed by atoms with Crippen molar-refractivity contribution in [1.29, 1.82) is 0 Å². The van der Waals surface area contributed by atoms with Crippen LogP contribution in [0.25, 0.3) is 0 Å². The zero-order valence-corrected chi connectivity index (χ0v) is 47.8. The van der Waals surface area contributed by atoms with Crippen LogP contribution >= 0.6 is 0 Å². The van der Waals surface area contributed by atoms with E-state index >= 15 is 0 Å². The quantitative estimate of drug-likeness (QED) is 0.0261. The first-order valence-corrected chi connectivity index (χ1v) is 31.5. The molecule has 0 aromatic rings. The molecule has 0 amide bonds. The lowest BCUT2D eigenvalue weighted by atomic mass is 10.1. The van der Waals surface area contributed by atoms with Crippen LogP contribution in [-0.2, 0) is 28.6 Å². The molecule has 0 aromatic heterocycles. The van der Waals surface area contributed by atoms with Crippen LogP contribution in [0, 0.1) is 0 Å². The van der Waals surface area contributed by atoms with Gasteiger partial charge in [-0.05, 0) is 96.3 Å². The summed E-state index contributed by atoms with van der Waals surface area (Å²) in [4.78, 5) is 38.3. The van der Waals surface area contributed by atoms with E-state index in [2.05, 4.69) is 57.2 Å². The fraction of sp³-hybridized carbons (Fsp3) is 0.862. The smallest absolute Gasteiger partial charge is 0.306 e. The van der Waals surface area contributed by atoms with Crippen molar-refractivity contribution in [2.75, 3.05) is 13.2 Å². The predicted octanol–water partition coefficient (Wildman–Crippen LogP) is 21.2. The first-order valence-electron chi connectivity index (χ1n) is 31.5. The van der Waals surface area contributed by atoms with E-state index in [1.54, 1.807) is 0 Å². The Labute approximate surface area is 442 Å². The zero-order chi connectivity index (χ0) is 51.4. The van der Waals surface area contributed by atoms with Crippen LogP contribution in [0.3, 0.4) is 0 Å². The summed E-state index contributed by atoms with van der Waals surface area (Å²) < 4.78 is 16.9. The number of ether oxygens (including phenoxy) is 3. The molecule has 0 fully saturated rings. The number of hydrogen-bond donors (Lipinski definition) is 0. The van der Waals surface area contributed by atoms with Crippen LogP contribution < -0.4 is 0 Å². The van der Waals surface area contributed by atoms with Gasteiger partial charge in [-0.25, -0.2) is 0 Å². The van der Waals surface area contributed by atoms with Gasteiger partial charge in [-0.3, -0.25) is 14.4 Å². The van der Waals surface area contributed by atoms with Gasteiger partial charge in [0.05, 0.1) is 0 Å². The van der Waals surface area contributed by atoms with E-state index in [9.17, 15) is 14.4 Å². The molecule has 0 unspecified atom stereocenters. The van der Waals surface area contributed by atoms with Crippen LogP contribution in [0.1, 0.15) is 342 Å². The van der Waals surface area contributed by atoms with Gasteiger partial charge in [-0.2, -0.15) is 0 Å². The van der Waals surface area contributed by atoms with Crippen molar-refractivity contribution >= 4 is 17.9 Å². The first kappa shape index (κ1) is 68.6. The van der Waals surface area contributed by atoms with E-state index in [0.29, 0.717) is 19.3 Å². The third-order valence-corrected chi connectivity index (χ3v) is 14.1. The molecule has 0 aliphatic carbocycles. The van der Waals surface area contributed by atoms with E-state index in [1.165, 1.54) is 244 Å². The van der Waals surface area contributed by atoms with Crippen molar-refractivity contribution in [3.8, 4) is 0 Å². The average Bonchev–Trinajstić information content (AvgIpc) is 3.37. The number of esters is 3. The van der Waals surface area contributed by atoms with Gasteiger partial charge >= 0.3 is 17.9 Å². The zero-order valence-electron chi connectivity index (χ0n) is 47.8. The summed E-state index contributed by atoms with van der Waals surface area (Å²) in [5.41, 5.74) is 0. The topological polar surface area (TPSA) is 78.9 Å². The summed E-state index contributed by atoms with van der Waals surface area (Å²) in [6.07, 6.45) is 72.8. The van der Waals surface area contributed by atoms with E-state index in [1.807, 2.05) is 0 Å². The van der Waals surface area contributed by atoms with Crippen molar-refractivity contribution in [1.82, 2.24) is 0 Å². The lowest BCUT2D eigenvalue weighted by molar-refractivity contribution is -0.167. The molecule has 0 radical (unpaired) electrons. The van der Waals surface area contributed by atoms with Crippen LogP contribution in [-0.4, -0.2) is 37.2 Å². The van der Waals surface area contributed by atoms with Crippen LogP contribution in [0.15, 0.2) is 36.5 Å². The second-order valence-corrected chi connectivity index (χ2v) is 21.3. The SMILES string of the molecule is CCCCCCCC/C=C\CCCCCCCCCCCC(=O)OC[C@H](COC(=O)CCCCCCCCC/C=C\CCCCCCCC)OC(=O)CCCCCCCCC/C=C\CCCCCCCC. The van der Waals surface area contributed by atoms with E-state index in [-0.39, 0.29) is 31.1 Å². The molecule has 0 aliphatic heterocycles. The highest BCUT2D eigenvalue weighted by Crippen LogP contribution is 2.16. The minimum atomic E-state index is -0.776. The Morgan fingerprint density at radius 2 is 0.465 bits per heavy atom. The number of hydrogen-bond acceptors (Lipinski definition) is 6. The van der Waals surface area contributed by atoms with Crippen molar-refractivity contribution in [3.63, 3.8) is 0 Å². The number of allylic oxidation sites excluding steroid dienone is 6. The minimum Gasteiger partial charge on any atom is -0.462 e. The summed E-state index contributed by atoms with van der Waals surface area (Å²) in [6, 6.07) is 0. The molecule has 416 valence electrons. The summed E-state index contributed by atoms with van der Waals surface area (Å²) >= 11 is 0. The van der Waals surface area contributed by atoms with Crippen molar-refractivity contribution in [2.45, 2.75) is 348 Å². The maximum atomic E-state index is 12.9. The second kappa shape index (κ2) is 60.2. The van der Waals surface area contributed by atoms with Gasteiger partial charge in [0.15, 0.2) is 6.10 Å². The molecule has 0 bridgehead atoms. The first-order chi connectivity index (χ1) is 35.0. The molecular formula is C65H120O6. The molecule has 6 nitrogen and oxygen atoms in total. The Kier molecular flexibility index (Phi) is 58.2. The van der Waals surface area contributed by atoms with E-state index in [4.69, 9.17) is 14.2 Å². The third-order valence-electron chi connectivity index (χ3n) is 14.1. The Balaban J connectivity index is 4.35. The Morgan fingerprint density at radius 1 is 0.268 bits per heavy atom. The monoisotopic (exact) mass is 997 g/mol. The van der Waals surface area contributed by atoms with Gasteiger partial charge in [0, 0.05) is 19.3 Å². The molecule has 1 atom stereocenters. The van der Waals surface area contributed by atoms with E-state index < -0.39 is 6.10 Å². The van der Waals surface area contributed by atoms with Gasteiger partial charge in [0.1, 0.15) is 13.2 Å². The highest BCUT2D eigenvalue weighted by Gasteiger charge is 2.19. The Morgan fingerprint density at radius 3 is 0.704 bits per heavy atom. The van der Waals surface area contributed by atoms with Gasteiger partial charge in [-0.15, -0.1) is 0 Å². The third kappa shape index (κ3) is 58.4. The van der Waals surface area contributed by atoms with Crippen LogP contribution in [0.2, 0.25) is 0 Å². The fourth-order valence-corrected chi connectivity index (χ4v) is 9.31. The maximum Gasteiger partial charge on any atom is 0.306 e. The van der Waals surface area contributed by atoms with Gasteiger partial charge in [-0.1, -0.05) is 263 Å². The second-order valence-electron chi connectivity index (χ2n) is 21.3. The minimum absolute atomic E-state index is 0.0735. The van der Waals surface area contributed by atoms with Crippen molar-refractivity contribution in [3.05, 3.63) is 36.5 Å². The molecule has 0 aliphatic rings. The highest BCUT2D eigenvalue weighted by molar-refractivity contribution is 5.71. The summed E-state index contributed by atoms with van der Waals surface area (Å²) in [6.45, 7) is 6.67. The number of unbranched alkanes of at least 4 members (excludes halogenated alkanes) is 41. The Bertz CT molecular complexity index is 1190. The standard InChI is InChI=1S/C65H120O6/c1-4-7-10-13-16-19-22-25-28-31-32-35-37-40-43-46-49-52-55-58-64(67)70-61-62(71-65(68)59-56-53-50-47-44-41-38-34-30-27-24-21-18-15-12-9-6-3)60-69-63(66)57-54-51-48-45-42-39-36-33-29-26-23-20-17-14-11-8-5-2/h25-30,62H,4-24,31-61H2,1-3H3/b28-25-,29-26-,30-27-/t62-/m0/s1. The summed E-state index contributed by atoms with van der Waals surface area (Å²) in [5, 5.41) is 0. The van der Waals surface area contributed by atoms with Gasteiger partial charge in [0.25, 0.3) is 0 Å². The summed E-state index contributed by atoms with van der Waals surface area (Å²) in [7, 11) is 0. The van der Waals surface area contributed by atoms with Gasteiger partial charge in [0.2, 0.25) is 0 Å². The molecule has 0 saturated carbocycles. The molecule has 6 heteroatoms. The number of carbonyl (C=O) groups excluding carboxylic acids is 3.